The summed E-state index contributed by atoms with van der Waals surface area (Å²) in [7, 11) is 1.66. The summed E-state index contributed by atoms with van der Waals surface area (Å²) in [5, 5.41) is 1.34. The number of esters is 2. The molecule has 1 aromatic heterocycles. The highest BCUT2D eigenvalue weighted by molar-refractivity contribution is 8.00. The first-order chi connectivity index (χ1) is 15.9. The van der Waals surface area contributed by atoms with Crippen LogP contribution in [0.4, 0.5) is 0 Å². The lowest BCUT2D eigenvalue weighted by Gasteiger charge is -2.42. The van der Waals surface area contributed by atoms with Crippen LogP contribution in [0, 0.1) is 39.5 Å². The van der Waals surface area contributed by atoms with Crippen molar-refractivity contribution >= 4 is 47.3 Å². The summed E-state index contributed by atoms with van der Waals surface area (Å²) in [6, 6.07) is 6.17. The van der Waals surface area contributed by atoms with Crippen LogP contribution in [0.15, 0.2) is 23.2 Å². The van der Waals surface area contributed by atoms with Gasteiger partial charge in [0.15, 0.2) is 15.5 Å². The Hall–Kier alpha value is -1.84. The highest BCUT2D eigenvalue weighted by Crippen LogP contribution is 2.68. The lowest BCUT2D eigenvalue weighted by Crippen LogP contribution is -2.42. The number of rotatable bonds is 5. The van der Waals surface area contributed by atoms with Crippen LogP contribution < -0.4 is 9.47 Å². The molecule has 0 amide bonds. The van der Waals surface area contributed by atoms with Crippen LogP contribution in [0.5, 0.6) is 11.5 Å². The number of hydrogen-bond acceptors (Lipinski definition) is 8. The van der Waals surface area contributed by atoms with Crippen molar-refractivity contribution in [1.29, 1.82) is 0 Å². The number of cyclic esters (lactones) is 2. The molecule has 4 aliphatic rings. The molecule has 0 spiro atoms. The van der Waals surface area contributed by atoms with Crippen LogP contribution in [0.1, 0.15) is 36.6 Å². The predicted molar refractivity (Wildman–Crippen MR) is 127 cm³/mol. The minimum atomic E-state index is -0.331. The van der Waals surface area contributed by atoms with Gasteiger partial charge in [-0.3, -0.25) is 9.59 Å². The van der Waals surface area contributed by atoms with Gasteiger partial charge in [0, 0.05) is 16.0 Å². The zero-order valence-electron chi connectivity index (χ0n) is 18.5. The zero-order chi connectivity index (χ0) is 23.0. The van der Waals surface area contributed by atoms with Crippen LogP contribution >= 0.6 is 35.3 Å². The number of ether oxygens (including phenoxy) is 3. The van der Waals surface area contributed by atoms with Gasteiger partial charge in [-0.1, -0.05) is 19.9 Å². The highest BCUT2D eigenvalue weighted by atomic mass is 32.2. The first-order valence-electron chi connectivity index (χ1n) is 11.3. The van der Waals surface area contributed by atoms with Crippen LogP contribution in [-0.2, 0) is 14.3 Å². The van der Waals surface area contributed by atoms with Gasteiger partial charge in [-0.2, -0.15) is 0 Å². The smallest absolute Gasteiger partial charge is 0.317 e. The van der Waals surface area contributed by atoms with E-state index in [1.165, 1.54) is 4.88 Å². The molecule has 3 heterocycles. The average Bonchev–Trinajstić information content (AvgIpc) is 3.51. The number of benzene rings is 1. The molecular formula is C24H25NO5S3. The van der Waals surface area contributed by atoms with Crippen LogP contribution in [0.25, 0.3) is 0 Å². The SMILES string of the molecule is COc1cc(C2c3sc(=S)[nH]c3SC3C4CC(C5C(=O)OC(=O)C45)C23)ccc1OCC(C)C. The number of methoxy groups -OCH3 is 1. The molecule has 33 heavy (non-hydrogen) atoms. The molecule has 2 aliphatic heterocycles. The van der Waals surface area contributed by atoms with E-state index in [1.54, 1.807) is 30.2 Å². The molecule has 9 heteroatoms. The minimum Gasteiger partial charge on any atom is -0.493 e. The Morgan fingerprint density at radius 1 is 1.18 bits per heavy atom. The van der Waals surface area contributed by atoms with E-state index in [0.29, 0.717) is 18.3 Å². The molecule has 6 rings (SSSR count). The molecule has 2 aliphatic carbocycles. The second kappa shape index (κ2) is 7.85. The third kappa shape index (κ3) is 3.22. The summed E-state index contributed by atoms with van der Waals surface area (Å²) in [5.74, 6) is 1.20. The molecule has 6 nitrogen and oxygen atoms in total. The van der Waals surface area contributed by atoms with E-state index in [4.69, 9.17) is 26.4 Å². The predicted octanol–water partition coefficient (Wildman–Crippen LogP) is 5.04. The Morgan fingerprint density at radius 3 is 2.67 bits per heavy atom. The van der Waals surface area contributed by atoms with Crippen molar-refractivity contribution in [3.63, 3.8) is 0 Å². The van der Waals surface area contributed by atoms with E-state index in [1.807, 2.05) is 6.07 Å². The number of fused-ring (bicyclic) bond motifs is 9. The minimum absolute atomic E-state index is 0.0803. The Morgan fingerprint density at radius 2 is 1.94 bits per heavy atom. The van der Waals surface area contributed by atoms with Crippen molar-refractivity contribution < 1.29 is 23.8 Å². The molecule has 2 aromatic rings. The first-order valence-corrected chi connectivity index (χ1v) is 13.4. The van der Waals surface area contributed by atoms with Crippen LogP contribution in [0.2, 0.25) is 0 Å². The number of nitrogens with one attached hydrogen (secondary N) is 1. The molecule has 7 unspecified atom stereocenters. The molecule has 7 atom stereocenters. The summed E-state index contributed by atoms with van der Waals surface area (Å²) in [4.78, 5) is 29.6. The zero-order valence-corrected chi connectivity index (χ0v) is 21.0. The molecule has 1 saturated heterocycles. The summed E-state index contributed by atoms with van der Waals surface area (Å²) in [6.45, 7) is 4.85. The van der Waals surface area contributed by atoms with Crippen LogP contribution in [0.3, 0.4) is 0 Å². The van der Waals surface area contributed by atoms with Gasteiger partial charge in [0.25, 0.3) is 0 Å². The molecule has 2 saturated carbocycles. The van der Waals surface area contributed by atoms with Crippen molar-refractivity contribution in [3.8, 4) is 11.5 Å². The molecule has 3 fully saturated rings. The molecule has 1 aromatic carbocycles. The maximum absolute atomic E-state index is 12.6. The van der Waals surface area contributed by atoms with Gasteiger partial charge in [-0.15, -0.1) is 23.1 Å². The fourth-order valence-electron chi connectivity index (χ4n) is 6.44. The van der Waals surface area contributed by atoms with E-state index < -0.39 is 0 Å². The number of thiazole rings is 1. The van der Waals surface area contributed by atoms with Crippen LogP contribution in [-0.4, -0.2) is 35.9 Å². The highest BCUT2D eigenvalue weighted by Gasteiger charge is 2.69. The summed E-state index contributed by atoms with van der Waals surface area (Å²) in [5.41, 5.74) is 1.13. The van der Waals surface area contributed by atoms with Crippen molar-refractivity contribution in [3.05, 3.63) is 32.6 Å². The third-order valence-electron chi connectivity index (χ3n) is 7.58. The summed E-state index contributed by atoms with van der Waals surface area (Å²) in [6.07, 6.45) is 0.900. The third-order valence-corrected chi connectivity index (χ3v) is 10.5. The molecule has 2 bridgehead atoms. The van der Waals surface area contributed by atoms with E-state index in [-0.39, 0.29) is 52.7 Å². The Labute approximate surface area is 205 Å². The standard InChI is InChI=1S/C24H25NO5S3/c1-9(2)8-29-13-5-4-10(6-14(13)28-3)15-16-11-7-12(18-17(11)22(26)30-23(18)27)19(16)32-21-20(15)33-24(31)25-21/h4-6,9,11-12,15-19H,7-8H2,1-3H3,(H,25,31). The maximum atomic E-state index is 12.6. The number of thioether (sulfide) groups is 1. The number of H-pyrrole nitrogens is 1. The van der Waals surface area contributed by atoms with Gasteiger partial charge < -0.3 is 19.2 Å². The van der Waals surface area contributed by atoms with Crippen molar-refractivity contribution in [1.82, 2.24) is 4.98 Å². The quantitative estimate of drug-likeness (QED) is 0.348. The Bertz CT molecular complexity index is 1200. The van der Waals surface area contributed by atoms with Gasteiger partial charge in [-0.25, -0.2) is 0 Å². The second-order valence-electron chi connectivity index (χ2n) is 9.82. The molecule has 174 valence electrons. The monoisotopic (exact) mass is 503 g/mol. The van der Waals surface area contributed by atoms with Gasteiger partial charge >= 0.3 is 11.9 Å². The molecule has 0 radical (unpaired) electrons. The summed E-state index contributed by atoms with van der Waals surface area (Å²) >= 11 is 8.92. The second-order valence-corrected chi connectivity index (χ2v) is 12.7. The molecular weight excluding hydrogens is 478 g/mol. The number of aromatic nitrogens is 1. The van der Waals surface area contributed by atoms with Gasteiger partial charge in [-0.05, 0) is 60.0 Å². The first kappa shape index (κ1) is 21.7. The lowest BCUT2D eigenvalue weighted by atomic mass is 9.68. The fraction of sp³-hybridized carbons (Fsp3) is 0.542. The summed E-state index contributed by atoms with van der Waals surface area (Å²) < 4.78 is 17.5. The van der Waals surface area contributed by atoms with E-state index in [9.17, 15) is 9.59 Å². The lowest BCUT2D eigenvalue weighted by molar-refractivity contribution is -0.154. The van der Waals surface area contributed by atoms with Gasteiger partial charge in [0.05, 0.1) is 30.6 Å². The number of hydrogen-bond donors (Lipinski definition) is 1. The maximum Gasteiger partial charge on any atom is 0.317 e. The largest absolute Gasteiger partial charge is 0.493 e. The van der Waals surface area contributed by atoms with Crippen molar-refractivity contribution in [2.24, 2.45) is 35.5 Å². The normalized spacial score (nSPS) is 33.6. The van der Waals surface area contributed by atoms with Crippen molar-refractivity contribution in [2.45, 2.75) is 36.5 Å². The van der Waals surface area contributed by atoms with E-state index >= 15 is 0 Å². The molecule has 1 N–H and O–H groups in total. The van der Waals surface area contributed by atoms with E-state index in [0.717, 1.165) is 26.7 Å². The van der Waals surface area contributed by atoms with Gasteiger partial charge in [0.2, 0.25) is 0 Å². The Kier molecular flexibility index (Phi) is 5.16. The number of carbonyl (C=O) groups excluding carboxylic acids is 2. The number of carbonyl (C=O) groups is 2. The topological polar surface area (TPSA) is 77.6 Å². The van der Waals surface area contributed by atoms with Crippen molar-refractivity contribution in [2.75, 3.05) is 13.7 Å². The average molecular weight is 504 g/mol. The van der Waals surface area contributed by atoms with E-state index in [2.05, 4.69) is 31.0 Å². The van der Waals surface area contributed by atoms with Gasteiger partial charge in [0.1, 0.15) is 0 Å². The number of aromatic amines is 1. The fourth-order valence-corrected chi connectivity index (χ4v) is 9.78. The Balaban J connectivity index is 1.43.